The van der Waals surface area contributed by atoms with E-state index in [-0.39, 0.29) is 19.0 Å². The molecule has 0 aliphatic heterocycles. The maximum Gasteiger partial charge on any atom is 0.246 e. The molecule has 1 atom stereocenters. The molecule has 0 fully saturated rings. The second kappa shape index (κ2) is 10.4. The molecule has 192 valence electrons. The highest BCUT2D eigenvalue weighted by Crippen LogP contribution is 2.39. The molecule has 0 saturated carbocycles. The Kier molecular flexibility index (Phi) is 7.97. The Morgan fingerprint density at radius 2 is 1.74 bits per heavy atom. The molecule has 0 amide bonds. The molecule has 2 aromatic heterocycles. The first-order valence-corrected chi connectivity index (χ1v) is 16.6. The van der Waals surface area contributed by atoms with Crippen molar-refractivity contribution in [2.45, 2.75) is 44.8 Å². The number of aryl methyl sites for hydroxylation is 1. The van der Waals surface area contributed by atoms with Gasteiger partial charge in [0.1, 0.15) is 22.9 Å². The van der Waals surface area contributed by atoms with Gasteiger partial charge in [0.05, 0.1) is 19.5 Å². The summed E-state index contributed by atoms with van der Waals surface area (Å²) in [5.41, 5.74) is 6.27. The molecule has 3 rings (SSSR count). The van der Waals surface area contributed by atoms with Crippen molar-refractivity contribution in [3.05, 3.63) is 36.1 Å². The number of nitrogens with zero attached hydrogens (tertiary/aromatic N) is 4. The minimum absolute atomic E-state index is 0.0257. The third-order valence-electron chi connectivity index (χ3n) is 5.67. The van der Waals surface area contributed by atoms with Crippen molar-refractivity contribution < 1.29 is 22.3 Å². The highest BCUT2D eigenvalue weighted by atomic mass is 32.2. The molecule has 35 heavy (non-hydrogen) atoms. The second-order valence-corrected chi connectivity index (χ2v) is 17.5. The van der Waals surface area contributed by atoms with Crippen molar-refractivity contribution in [3.63, 3.8) is 0 Å². The van der Waals surface area contributed by atoms with Gasteiger partial charge >= 0.3 is 0 Å². The van der Waals surface area contributed by atoms with E-state index in [9.17, 15) is 8.42 Å². The minimum atomic E-state index is -3.86. The van der Waals surface area contributed by atoms with E-state index in [2.05, 4.69) is 29.8 Å². The zero-order chi connectivity index (χ0) is 26.0. The van der Waals surface area contributed by atoms with Crippen LogP contribution in [0.3, 0.4) is 0 Å². The van der Waals surface area contributed by atoms with Crippen LogP contribution in [0.4, 0.5) is 5.95 Å². The lowest BCUT2D eigenvalue weighted by Crippen LogP contribution is -2.44. The summed E-state index contributed by atoms with van der Waals surface area (Å²) in [6, 6.07) is 9.62. The number of hydrogen-bond donors (Lipinski definition) is 1. The molecule has 0 spiro atoms. The van der Waals surface area contributed by atoms with Crippen molar-refractivity contribution in [2.75, 3.05) is 31.6 Å². The predicted octanol–water partition coefficient (Wildman–Crippen LogP) is 3.67. The van der Waals surface area contributed by atoms with Gasteiger partial charge in [-0.1, -0.05) is 25.7 Å². The fourth-order valence-electron chi connectivity index (χ4n) is 3.53. The number of benzene rings is 1. The summed E-state index contributed by atoms with van der Waals surface area (Å²) in [6.45, 7) is 10.2. The lowest BCUT2D eigenvalue weighted by atomic mass is 10.2. The largest absolute Gasteiger partial charge is 0.494 e. The summed E-state index contributed by atoms with van der Waals surface area (Å²) in [6.07, 6.45) is 0. The number of ether oxygens (including phenoxy) is 2. The van der Waals surface area contributed by atoms with Crippen LogP contribution >= 0.6 is 0 Å². The van der Waals surface area contributed by atoms with E-state index in [0.717, 1.165) is 0 Å². The van der Waals surface area contributed by atoms with Gasteiger partial charge < -0.3 is 19.6 Å². The quantitative estimate of drug-likeness (QED) is 0.379. The number of nitrogens with two attached hydrogens (primary N) is 1. The molecule has 0 unspecified atom stereocenters. The molecule has 10 nitrogen and oxygen atoms in total. The Bertz CT molecular complexity index is 1240. The van der Waals surface area contributed by atoms with Crippen LogP contribution < -0.4 is 19.5 Å². The molecule has 3 aromatic rings. The Morgan fingerprint density at radius 1 is 1.11 bits per heavy atom. The first kappa shape index (κ1) is 26.8. The highest BCUT2D eigenvalue weighted by molar-refractivity contribution is 7.93. The number of sulfonamides is 1. The van der Waals surface area contributed by atoms with E-state index in [1.807, 2.05) is 13.0 Å². The normalized spacial score (nSPS) is 13.0. The second-order valence-electron chi connectivity index (χ2n) is 9.55. The highest BCUT2D eigenvalue weighted by Gasteiger charge is 2.36. The lowest BCUT2D eigenvalue weighted by molar-refractivity contribution is 0.391. The summed E-state index contributed by atoms with van der Waals surface area (Å²) in [5.74, 6) is 2.49. The number of para-hydroxylation sites is 1. The van der Waals surface area contributed by atoms with Crippen LogP contribution in [0.15, 0.2) is 34.7 Å². The van der Waals surface area contributed by atoms with Gasteiger partial charge in [-0.2, -0.15) is 0 Å². The molecule has 0 bridgehead atoms. The van der Waals surface area contributed by atoms with Crippen LogP contribution in [-0.2, 0) is 10.0 Å². The Labute approximate surface area is 208 Å². The summed E-state index contributed by atoms with van der Waals surface area (Å²) >= 11 is 0. The molecule has 2 heterocycles. The first-order valence-electron chi connectivity index (χ1n) is 11.4. The van der Waals surface area contributed by atoms with E-state index in [4.69, 9.17) is 19.6 Å². The lowest BCUT2D eigenvalue weighted by Gasteiger charge is -2.29. The molecular formula is C23H35N5O5SSi. The van der Waals surface area contributed by atoms with Crippen LogP contribution in [0.2, 0.25) is 25.7 Å². The number of furan rings is 1. The van der Waals surface area contributed by atoms with E-state index in [1.54, 1.807) is 35.8 Å². The Balaban J connectivity index is 2.37. The van der Waals surface area contributed by atoms with Crippen LogP contribution in [0.25, 0.3) is 17.3 Å². The Hall–Kier alpha value is -2.83. The maximum atomic E-state index is 13.7. The van der Waals surface area contributed by atoms with Crippen molar-refractivity contribution >= 4 is 24.0 Å². The topological polar surface area (TPSA) is 126 Å². The number of aromatic nitrogens is 3. The number of hydrogen-bond acceptors (Lipinski definition) is 8. The third kappa shape index (κ3) is 5.54. The third-order valence-corrected chi connectivity index (χ3v) is 9.56. The standard InChI is InChI=1S/C23H35N5O5SSi/c1-16-11-12-20(33-16)22-25-26-23(28(22)21-18(31-3)9-8-10-19(21)32-4)27(13-14-35(5,6)7)34(29,30)17(2)15-24/h8-12,17H,13-15,24H2,1-7H3/t17-/m0/s1. The van der Waals surface area contributed by atoms with Crippen molar-refractivity contribution in [2.24, 2.45) is 5.73 Å². The molecule has 1 aromatic carbocycles. The average Bonchev–Trinajstić information content (AvgIpc) is 3.43. The zero-order valence-electron chi connectivity index (χ0n) is 21.4. The van der Waals surface area contributed by atoms with Crippen molar-refractivity contribution in [3.8, 4) is 28.8 Å². The Morgan fingerprint density at radius 3 is 2.23 bits per heavy atom. The average molecular weight is 522 g/mol. The molecule has 0 radical (unpaired) electrons. The maximum absolute atomic E-state index is 13.7. The molecule has 0 aliphatic rings. The van der Waals surface area contributed by atoms with Crippen molar-refractivity contribution in [1.29, 1.82) is 0 Å². The van der Waals surface area contributed by atoms with Gasteiger partial charge in [0, 0.05) is 21.2 Å². The first-order chi connectivity index (χ1) is 16.4. The summed E-state index contributed by atoms with van der Waals surface area (Å²) in [5, 5.41) is 7.93. The summed E-state index contributed by atoms with van der Waals surface area (Å²) < 4.78 is 47.5. The van der Waals surface area contributed by atoms with Gasteiger partial charge in [0.2, 0.25) is 21.8 Å². The van der Waals surface area contributed by atoms with Gasteiger partial charge in [-0.05, 0) is 44.2 Å². The fraction of sp³-hybridized carbons (Fsp3) is 0.478. The molecule has 0 saturated heterocycles. The zero-order valence-corrected chi connectivity index (χ0v) is 23.2. The van der Waals surface area contributed by atoms with Crippen LogP contribution in [0.1, 0.15) is 12.7 Å². The van der Waals surface area contributed by atoms with Crippen LogP contribution in [-0.4, -0.2) is 63.8 Å². The van der Waals surface area contributed by atoms with Crippen LogP contribution in [0.5, 0.6) is 11.5 Å². The van der Waals surface area contributed by atoms with E-state index in [1.165, 1.54) is 18.5 Å². The number of methoxy groups -OCH3 is 2. The predicted molar refractivity (Wildman–Crippen MR) is 140 cm³/mol. The summed E-state index contributed by atoms with van der Waals surface area (Å²) in [7, 11) is -2.42. The van der Waals surface area contributed by atoms with Crippen LogP contribution in [0, 0.1) is 6.92 Å². The van der Waals surface area contributed by atoms with Crippen molar-refractivity contribution in [1.82, 2.24) is 14.8 Å². The fourth-order valence-corrected chi connectivity index (χ4v) is 5.95. The molecular weight excluding hydrogens is 486 g/mol. The van der Waals surface area contributed by atoms with Gasteiger partial charge in [0.15, 0.2) is 5.76 Å². The number of rotatable bonds is 11. The minimum Gasteiger partial charge on any atom is -0.494 e. The van der Waals surface area contributed by atoms with E-state index >= 15 is 0 Å². The molecule has 12 heteroatoms. The SMILES string of the molecule is COc1cccc(OC)c1-n1c(-c2ccc(C)o2)nnc1N(CC[Si](C)(C)C)S(=O)(=O)[C@@H](C)CN. The molecule has 0 aliphatic carbocycles. The van der Waals surface area contributed by atoms with Gasteiger partial charge in [-0.25, -0.2) is 12.7 Å². The van der Waals surface area contributed by atoms with E-state index in [0.29, 0.717) is 40.6 Å². The van der Waals surface area contributed by atoms with Gasteiger partial charge in [-0.15, -0.1) is 10.2 Å². The van der Waals surface area contributed by atoms with Gasteiger partial charge in [-0.3, -0.25) is 4.57 Å². The van der Waals surface area contributed by atoms with E-state index < -0.39 is 23.3 Å². The van der Waals surface area contributed by atoms with Gasteiger partial charge in [0.25, 0.3) is 0 Å². The molecule has 2 N–H and O–H groups in total. The monoisotopic (exact) mass is 521 g/mol. The number of anilines is 1. The smallest absolute Gasteiger partial charge is 0.246 e. The summed E-state index contributed by atoms with van der Waals surface area (Å²) in [4.78, 5) is 0.